The number of hydrogen-bond acceptors (Lipinski definition) is 6. The lowest BCUT2D eigenvalue weighted by Crippen LogP contribution is -2.19. The number of rotatable bonds is 5. The lowest BCUT2D eigenvalue weighted by molar-refractivity contribution is -0.153. The molecular weight excluding hydrogens is 494 g/mol. The molecule has 0 bridgehead atoms. The van der Waals surface area contributed by atoms with Crippen LogP contribution in [0.2, 0.25) is 10.2 Å². The first-order chi connectivity index (χ1) is 15.5. The molecule has 0 aliphatic rings. The molecule has 0 saturated carbocycles. The first kappa shape index (κ1) is 26.1. The van der Waals surface area contributed by atoms with Crippen molar-refractivity contribution in [3.05, 3.63) is 63.9 Å². The maximum Gasteiger partial charge on any atom is 0.422 e. The Kier molecular flexibility index (Phi) is 8.77. The Balaban J connectivity index is 0.000000321. The number of halogens is 7. The number of nitrogens with zero attached hydrogens (tertiary/aromatic N) is 2. The van der Waals surface area contributed by atoms with Gasteiger partial charge in [0.05, 0.1) is 22.5 Å². The summed E-state index contributed by atoms with van der Waals surface area (Å²) >= 11 is 11.2. The number of nitrogens with one attached hydrogen (secondary N) is 1. The van der Waals surface area contributed by atoms with E-state index in [2.05, 4.69) is 20.0 Å². The van der Waals surface area contributed by atoms with Gasteiger partial charge in [-0.3, -0.25) is 4.79 Å². The van der Waals surface area contributed by atoms with Gasteiger partial charge in [0.2, 0.25) is 0 Å². The Morgan fingerprint density at radius 1 is 1.18 bits per heavy atom. The topological polar surface area (TPSA) is 90.1 Å². The number of carbonyl (C=O) groups is 1. The molecule has 0 atom stereocenters. The Morgan fingerprint density at radius 2 is 1.88 bits per heavy atom. The maximum atomic E-state index is 14.1. The summed E-state index contributed by atoms with van der Waals surface area (Å²) in [6, 6.07) is 6.19. The molecule has 176 valence electrons. The molecule has 3 N–H and O–H groups in total. The van der Waals surface area contributed by atoms with Crippen LogP contribution in [0.25, 0.3) is 11.3 Å². The van der Waals surface area contributed by atoms with Gasteiger partial charge < -0.3 is 15.8 Å². The van der Waals surface area contributed by atoms with Crippen molar-refractivity contribution in [2.24, 2.45) is 0 Å². The lowest BCUT2D eigenvalue weighted by atomic mass is 10.1. The van der Waals surface area contributed by atoms with E-state index < -0.39 is 24.3 Å². The van der Waals surface area contributed by atoms with Gasteiger partial charge in [-0.25, -0.2) is 18.7 Å². The zero-order valence-corrected chi connectivity index (χ0v) is 18.2. The number of nitrogens with two attached hydrogens (primary N) is 1. The third kappa shape index (κ3) is 7.16. The number of aldehydes is 1. The number of alkyl halides is 3. The van der Waals surface area contributed by atoms with Crippen LogP contribution in [0, 0.1) is 11.6 Å². The minimum absolute atomic E-state index is 0.0373. The van der Waals surface area contributed by atoms with E-state index in [1.165, 1.54) is 6.07 Å². The number of para-hydroxylation sites is 1. The summed E-state index contributed by atoms with van der Waals surface area (Å²) in [6.07, 6.45) is -3.35. The second-order valence-corrected chi connectivity index (χ2v) is 6.96. The molecule has 0 aliphatic carbocycles. The first-order valence-corrected chi connectivity index (χ1v) is 9.60. The number of anilines is 2. The van der Waals surface area contributed by atoms with E-state index in [4.69, 9.17) is 28.9 Å². The van der Waals surface area contributed by atoms with Crippen molar-refractivity contribution >= 4 is 41.0 Å². The van der Waals surface area contributed by atoms with Gasteiger partial charge >= 0.3 is 6.18 Å². The summed E-state index contributed by atoms with van der Waals surface area (Å²) in [4.78, 5) is 18.3. The molecule has 0 saturated heterocycles. The molecule has 0 fully saturated rings. The van der Waals surface area contributed by atoms with E-state index in [1.54, 1.807) is 19.2 Å². The highest BCUT2D eigenvalue weighted by Gasteiger charge is 2.29. The minimum atomic E-state index is -4.62. The van der Waals surface area contributed by atoms with Gasteiger partial charge in [0.25, 0.3) is 0 Å². The largest absolute Gasteiger partial charge is 0.483 e. The summed E-state index contributed by atoms with van der Waals surface area (Å²) in [5.41, 5.74) is 5.14. The fourth-order valence-corrected chi connectivity index (χ4v) is 2.85. The molecule has 33 heavy (non-hydrogen) atoms. The molecule has 0 aliphatic heterocycles. The highest BCUT2D eigenvalue weighted by Crippen LogP contribution is 2.32. The number of nitrogen functional groups attached to an aromatic ring is 1. The van der Waals surface area contributed by atoms with Gasteiger partial charge in [-0.05, 0) is 24.3 Å². The molecule has 1 aromatic heterocycles. The smallest absolute Gasteiger partial charge is 0.422 e. The van der Waals surface area contributed by atoms with E-state index in [0.717, 1.165) is 18.3 Å². The second kappa shape index (κ2) is 11.1. The zero-order chi connectivity index (χ0) is 24.8. The summed E-state index contributed by atoms with van der Waals surface area (Å²) in [7, 11) is 1.63. The van der Waals surface area contributed by atoms with Crippen LogP contribution in [0.15, 0.2) is 36.5 Å². The average Bonchev–Trinajstić information content (AvgIpc) is 2.73. The molecule has 6 nitrogen and oxygen atoms in total. The molecular formula is C20H15Cl2F5N4O2. The van der Waals surface area contributed by atoms with Crippen molar-refractivity contribution in [1.82, 2.24) is 9.97 Å². The Bertz CT molecular complexity index is 1130. The third-order valence-electron chi connectivity index (χ3n) is 3.86. The van der Waals surface area contributed by atoms with E-state index >= 15 is 0 Å². The average molecular weight is 509 g/mol. The minimum Gasteiger partial charge on any atom is -0.483 e. The number of hydrogen-bond donors (Lipinski definition) is 2. The number of benzene rings is 2. The van der Waals surface area contributed by atoms with Crippen LogP contribution in [0.1, 0.15) is 10.4 Å². The SMILES string of the molecule is CNc1c(F)cccc1Cl.Nc1nc(Cl)cnc1-c1cc(OCC(F)(F)F)c(C=O)cc1F. The summed E-state index contributed by atoms with van der Waals surface area (Å²) in [6.45, 7) is -1.64. The molecule has 0 unspecified atom stereocenters. The predicted octanol–water partition coefficient (Wildman–Crippen LogP) is 5.79. The van der Waals surface area contributed by atoms with Gasteiger partial charge in [0, 0.05) is 12.6 Å². The molecule has 1 heterocycles. The van der Waals surface area contributed by atoms with Crippen molar-refractivity contribution in [1.29, 1.82) is 0 Å². The van der Waals surface area contributed by atoms with Crippen molar-refractivity contribution in [3.63, 3.8) is 0 Å². The number of carbonyl (C=O) groups excluding carboxylic acids is 1. The van der Waals surface area contributed by atoms with Gasteiger partial charge in [-0.2, -0.15) is 13.2 Å². The second-order valence-electron chi connectivity index (χ2n) is 6.16. The van der Waals surface area contributed by atoms with Crippen molar-refractivity contribution in [2.75, 3.05) is 24.7 Å². The molecule has 2 aromatic carbocycles. The van der Waals surface area contributed by atoms with Crippen LogP contribution in [0.5, 0.6) is 5.75 Å². The number of aromatic nitrogens is 2. The van der Waals surface area contributed by atoms with E-state index in [0.29, 0.717) is 10.7 Å². The first-order valence-electron chi connectivity index (χ1n) is 8.85. The van der Waals surface area contributed by atoms with E-state index in [1.807, 2.05) is 0 Å². The van der Waals surface area contributed by atoms with E-state index in [9.17, 15) is 26.7 Å². The van der Waals surface area contributed by atoms with Crippen LogP contribution in [0.3, 0.4) is 0 Å². The maximum absolute atomic E-state index is 14.1. The van der Waals surface area contributed by atoms with E-state index in [-0.39, 0.29) is 39.9 Å². The third-order valence-corrected chi connectivity index (χ3v) is 4.35. The Hall–Kier alpha value is -3.18. The zero-order valence-electron chi connectivity index (χ0n) is 16.7. The van der Waals surface area contributed by atoms with Crippen LogP contribution >= 0.6 is 23.2 Å². The monoisotopic (exact) mass is 508 g/mol. The van der Waals surface area contributed by atoms with Gasteiger partial charge in [-0.1, -0.05) is 29.3 Å². The summed E-state index contributed by atoms with van der Waals surface area (Å²) in [5.74, 6) is -1.92. The van der Waals surface area contributed by atoms with Crippen molar-refractivity contribution in [3.8, 4) is 17.0 Å². The van der Waals surface area contributed by atoms with Crippen molar-refractivity contribution in [2.45, 2.75) is 6.18 Å². The van der Waals surface area contributed by atoms with Crippen LogP contribution in [-0.4, -0.2) is 36.1 Å². The van der Waals surface area contributed by atoms with Gasteiger partial charge in [-0.15, -0.1) is 0 Å². The standard InChI is InChI=1S/C13H8ClF4N3O2.C7H7ClFN/c14-10-3-20-11(12(19)21-10)7-2-9(23-5-13(16,17)18)6(4-22)1-8(7)15;1-10-7-5(8)3-2-4-6(7)9/h1-4H,5H2,(H2,19,21);2-4,10H,1H3. The number of ether oxygens (including phenoxy) is 1. The van der Waals surface area contributed by atoms with Crippen LogP contribution < -0.4 is 15.8 Å². The molecule has 3 rings (SSSR count). The van der Waals surface area contributed by atoms with Gasteiger partial charge in [0.15, 0.2) is 18.7 Å². The quantitative estimate of drug-likeness (QED) is 0.334. The normalized spacial score (nSPS) is 10.8. The van der Waals surface area contributed by atoms with Crippen LogP contribution in [0.4, 0.5) is 33.5 Å². The molecule has 0 amide bonds. The Morgan fingerprint density at radius 3 is 2.39 bits per heavy atom. The molecule has 0 radical (unpaired) electrons. The predicted molar refractivity (Wildman–Crippen MR) is 115 cm³/mol. The fourth-order valence-electron chi connectivity index (χ4n) is 2.45. The molecule has 13 heteroatoms. The summed E-state index contributed by atoms with van der Waals surface area (Å²) in [5, 5.41) is 3.02. The van der Waals surface area contributed by atoms with Crippen molar-refractivity contribution < 1.29 is 31.5 Å². The highest BCUT2D eigenvalue weighted by atomic mass is 35.5. The molecule has 0 spiro atoms. The molecule has 3 aromatic rings. The van der Waals surface area contributed by atoms with Gasteiger partial charge in [0.1, 0.15) is 28.2 Å². The highest BCUT2D eigenvalue weighted by molar-refractivity contribution is 6.33. The lowest BCUT2D eigenvalue weighted by Gasteiger charge is -2.13. The van der Waals surface area contributed by atoms with Crippen LogP contribution in [-0.2, 0) is 0 Å². The Labute approximate surface area is 194 Å². The fraction of sp³-hybridized carbons (Fsp3) is 0.150. The summed E-state index contributed by atoms with van der Waals surface area (Å²) < 4.78 is 68.0.